The Labute approximate surface area is 155 Å². The van der Waals surface area contributed by atoms with E-state index in [-0.39, 0.29) is 6.61 Å². The molecule has 26 heavy (non-hydrogen) atoms. The van der Waals surface area contributed by atoms with Gasteiger partial charge in [-0.15, -0.1) is 0 Å². The second kappa shape index (κ2) is 8.82. The molecule has 1 saturated heterocycles. The number of nitrogens with zero attached hydrogens (tertiary/aromatic N) is 5. The number of hydrogen-bond acceptors (Lipinski definition) is 7. The first-order valence-electron chi connectivity index (χ1n) is 9.20. The number of rotatable bonds is 7. The van der Waals surface area contributed by atoms with Crippen LogP contribution >= 0.6 is 0 Å². The summed E-state index contributed by atoms with van der Waals surface area (Å²) >= 11 is 0. The van der Waals surface area contributed by atoms with Crippen molar-refractivity contribution >= 4 is 17.3 Å². The highest BCUT2D eigenvalue weighted by Gasteiger charge is 2.22. The third-order valence-electron chi connectivity index (χ3n) is 4.81. The number of anilines is 3. The second-order valence-electron chi connectivity index (χ2n) is 6.49. The minimum Gasteiger partial charge on any atom is -0.395 e. The Morgan fingerprint density at radius 1 is 1.12 bits per heavy atom. The minimum atomic E-state index is 0.0742. The van der Waals surface area contributed by atoms with Crippen molar-refractivity contribution in [1.29, 1.82) is 0 Å². The molecule has 140 valence electrons. The number of hydrogen-bond donors (Lipinski definition) is 2. The Morgan fingerprint density at radius 2 is 1.85 bits per heavy atom. The van der Waals surface area contributed by atoms with Gasteiger partial charge in [0.15, 0.2) is 11.6 Å². The fourth-order valence-corrected chi connectivity index (χ4v) is 3.38. The van der Waals surface area contributed by atoms with E-state index >= 15 is 0 Å². The fraction of sp³-hybridized carbons (Fsp3) is 0.474. The van der Waals surface area contributed by atoms with Crippen molar-refractivity contribution in [2.75, 3.05) is 61.4 Å². The predicted octanol–water partition coefficient (Wildman–Crippen LogP) is 1.20. The molecule has 1 aromatic carbocycles. The third kappa shape index (κ3) is 4.23. The molecule has 7 heteroatoms. The highest BCUT2D eigenvalue weighted by molar-refractivity contribution is 5.75. The van der Waals surface area contributed by atoms with Gasteiger partial charge < -0.3 is 20.6 Å². The first-order chi connectivity index (χ1) is 12.7. The Hall–Kier alpha value is -2.38. The van der Waals surface area contributed by atoms with Gasteiger partial charge in [0.05, 0.1) is 6.61 Å². The van der Waals surface area contributed by atoms with Gasteiger partial charge in [0, 0.05) is 45.8 Å². The average Bonchev–Trinajstić information content (AvgIpc) is 2.68. The van der Waals surface area contributed by atoms with Gasteiger partial charge in [-0.1, -0.05) is 30.3 Å². The lowest BCUT2D eigenvalue weighted by molar-refractivity contribution is 0.249. The van der Waals surface area contributed by atoms with E-state index in [1.807, 2.05) is 17.9 Å². The van der Waals surface area contributed by atoms with E-state index in [4.69, 9.17) is 5.73 Å². The number of nitrogen functional groups attached to an aromatic ring is 1. The number of nitrogens with two attached hydrogens (primary N) is 1. The normalized spacial score (nSPS) is 15.2. The van der Waals surface area contributed by atoms with Crippen LogP contribution in [0.5, 0.6) is 0 Å². The third-order valence-corrected chi connectivity index (χ3v) is 4.81. The standard InChI is InChI=1S/C19H28N6O/c1-2-24(12-13-26)18-17(20)19(22-15-21-18)25-10-8-23(9-11-25)14-16-6-4-3-5-7-16/h3-7,15,26H,2,8-14,20H2,1H3. The van der Waals surface area contributed by atoms with E-state index in [0.717, 1.165) is 45.1 Å². The molecule has 0 aliphatic carbocycles. The molecule has 0 saturated carbocycles. The number of benzene rings is 1. The number of aliphatic hydroxyl groups excluding tert-OH is 1. The lowest BCUT2D eigenvalue weighted by atomic mass is 10.2. The Kier molecular flexibility index (Phi) is 6.25. The summed E-state index contributed by atoms with van der Waals surface area (Å²) < 4.78 is 0. The molecule has 3 N–H and O–H groups in total. The van der Waals surface area contributed by atoms with Gasteiger partial charge >= 0.3 is 0 Å². The van der Waals surface area contributed by atoms with Crippen molar-refractivity contribution in [3.63, 3.8) is 0 Å². The average molecular weight is 356 g/mol. The molecule has 2 heterocycles. The number of aromatic nitrogens is 2. The lowest BCUT2D eigenvalue weighted by Crippen LogP contribution is -2.46. The molecular formula is C19H28N6O. The van der Waals surface area contributed by atoms with Crippen LogP contribution < -0.4 is 15.5 Å². The van der Waals surface area contributed by atoms with Crippen molar-refractivity contribution < 1.29 is 5.11 Å². The van der Waals surface area contributed by atoms with Crippen LogP contribution in [0.1, 0.15) is 12.5 Å². The summed E-state index contributed by atoms with van der Waals surface area (Å²) in [5.74, 6) is 1.50. The van der Waals surface area contributed by atoms with Crippen LogP contribution in [-0.4, -0.2) is 65.8 Å². The van der Waals surface area contributed by atoms with Gasteiger partial charge in [-0.3, -0.25) is 4.90 Å². The van der Waals surface area contributed by atoms with E-state index in [2.05, 4.69) is 44.0 Å². The van der Waals surface area contributed by atoms with Crippen molar-refractivity contribution in [3.8, 4) is 0 Å². The largest absolute Gasteiger partial charge is 0.395 e. The monoisotopic (exact) mass is 356 g/mol. The molecule has 2 aromatic rings. The zero-order valence-electron chi connectivity index (χ0n) is 15.4. The molecule has 1 aliphatic heterocycles. The predicted molar refractivity (Wildman–Crippen MR) is 105 cm³/mol. The number of piperazine rings is 1. The molecule has 1 aliphatic rings. The smallest absolute Gasteiger partial charge is 0.157 e. The fourth-order valence-electron chi connectivity index (χ4n) is 3.38. The summed E-state index contributed by atoms with van der Waals surface area (Å²) in [5, 5.41) is 9.25. The van der Waals surface area contributed by atoms with Crippen LogP contribution in [0.2, 0.25) is 0 Å². The maximum atomic E-state index is 9.25. The molecule has 0 atom stereocenters. The Morgan fingerprint density at radius 3 is 2.50 bits per heavy atom. The summed E-state index contributed by atoms with van der Waals surface area (Å²) in [6.45, 7) is 8.06. The molecule has 0 unspecified atom stereocenters. The summed E-state index contributed by atoms with van der Waals surface area (Å²) in [6, 6.07) is 10.6. The first kappa shape index (κ1) is 18.4. The molecule has 0 radical (unpaired) electrons. The van der Waals surface area contributed by atoms with Crippen molar-refractivity contribution in [2.24, 2.45) is 0 Å². The van der Waals surface area contributed by atoms with Crippen LogP contribution in [0, 0.1) is 0 Å². The van der Waals surface area contributed by atoms with Crippen LogP contribution in [-0.2, 0) is 6.54 Å². The summed E-state index contributed by atoms with van der Waals surface area (Å²) in [5.41, 5.74) is 8.31. The van der Waals surface area contributed by atoms with E-state index in [1.54, 1.807) is 6.33 Å². The van der Waals surface area contributed by atoms with E-state index in [1.165, 1.54) is 5.56 Å². The molecule has 0 spiro atoms. The van der Waals surface area contributed by atoms with E-state index in [9.17, 15) is 5.11 Å². The molecule has 3 rings (SSSR count). The highest BCUT2D eigenvalue weighted by atomic mass is 16.3. The SMILES string of the molecule is CCN(CCO)c1ncnc(N2CCN(Cc3ccccc3)CC2)c1N. The summed E-state index contributed by atoms with van der Waals surface area (Å²) in [4.78, 5) is 15.4. The zero-order chi connectivity index (χ0) is 18.4. The lowest BCUT2D eigenvalue weighted by Gasteiger charge is -2.36. The molecular weight excluding hydrogens is 328 g/mol. The minimum absolute atomic E-state index is 0.0742. The molecule has 0 amide bonds. The van der Waals surface area contributed by atoms with Crippen molar-refractivity contribution in [1.82, 2.24) is 14.9 Å². The Bertz CT molecular complexity index is 688. The Balaban J connectivity index is 1.66. The zero-order valence-corrected chi connectivity index (χ0v) is 15.4. The maximum Gasteiger partial charge on any atom is 0.157 e. The maximum absolute atomic E-state index is 9.25. The molecule has 7 nitrogen and oxygen atoms in total. The topological polar surface area (TPSA) is 81.8 Å². The number of aliphatic hydroxyl groups is 1. The van der Waals surface area contributed by atoms with Crippen LogP contribution in [0.4, 0.5) is 17.3 Å². The van der Waals surface area contributed by atoms with Crippen molar-refractivity contribution in [3.05, 3.63) is 42.2 Å². The number of likely N-dealkylation sites (N-methyl/N-ethyl adjacent to an activating group) is 1. The first-order valence-corrected chi connectivity index (χ1v) is 9.20. The molecule has 1 fully saturated rings. The summed E-state index contributed by atoms with van der Waals surface area (Å²) in [7, 11) is 0. The van der Waals surface area contributed by atoms with Gasteiger partial charge in [0.25, 0.3) is 0 Å². The molecule has 0 bridgehead atoms. The van der Waals surface area contributed by atoms with Gasteiger partial charge in [-0.2, -0.15) is 0 Å². The quantitative estimate of drug-likeness (QED) is 0.771. The van der Waals surface area contributed by atoms with E-state index in [0.29, 0.717) is 18.1 Å². The van der Waals surface area contributed by atoms with Crippen molar-refractivity contribution in [2.45, 2.75) is 13.5 Å². The van der Waals surface area contributed by atoms with E-state index < -0.39 is 0 Å². The van der Waals surface area contributed by atoms with Crippen LogP contribution in [0.3, 0.4) is 0 Å². The van der Waals surface area contributed by atoms with Gasteiger partial charge in [0.1, 0.15) is 12.0 Å². The second-order valence-corrected chi connectivity index (χ2v) is 6.49. The van der Waals surface area contributed by atoms with Gasteiger partial charge in [-0.05, 0) is 12.5 Å². The highest BCUT2D eigenvalue weighted by Crippen LogP contribution is 2.29. The molecule has 1 aromatic heterocycles. The van der Waals surface area contributed by atoms with Gasteiger partial charge in [0.2, 0.25) is 0 Å². The van der Waals surface area contributed by atoms with Gasteiger partial charge in [-0.25, -0.2) is 9.97 Å². The van der Waals surface area contributed by atoms with Crippen LogP contribution in [0.25, 0.3) is 0 Å². The summed E-state index contributed by atoms with van der Waals surface area (Å²) in [6.07, 6.45) is 1.57. The van der Waals surface area contributed by atoms with Crippen LogP contribution in [0.15, 0.2) is 36.7 Å².